The quantitative estimate of drug-likeness (QED) is 0.338. The van der Waals surface area contributed by atoms with Crippen LogP contribution in [0.5, 0.6) is 0 Å². The van der Waals surface area contributed by atoms with Crippen LogP contribution < -0.4 is 9.62 Å². The van der Waals surface area contributed by atoms with E-state index in [0.717, 1.165) is 19.9 Å². The van der Waals surface area contributed by atoms with E-state index >= 15 is 0 Å². The number of benzene rings is 3. The molecule has 0 saturated heterocycles. The molecule has 0 fully saturated rings. The van der Waals surface area contributed by atoms with Crippen LogP contribution in [0.4, 0.5) is 5.69 Å². The van der Waals surface area contributed by atoms with Gasteiger partial charge in [0.2, 0.25) is 11.8 Å². The lowest BCUT2D eigenvalue weighted by molar-refractivity contribution is -0.139. The van der Waals surface area contributed by atoms with Gasteiger partial charge >= 0.3 is 0 Å². The number of nitrogens with zero attached hydrogens (tertiary/aromatic N) is 2. The molecule has 0 aliphatic carbocycles. The second-order valence-corrected chi connectivity index (χ2v) is 12.2. The lowest BCUT2D eigenvalue weighted by atomic mass is 10.1. The first kappa shape index (κ1) is 29.4. The molecule has 0 aliphatic rings. The number of rotatable bonds is 11. The van der Waals surface area contributed by atoms with Crippen LogP contribution in [0.15, 0.2) is 88.2 Å². The van der Waals surface area contributed by atoms with Crippen molar-refractivity contribution in [3.8, 4) is 0 Å². The maximum Gasteiger partial charge on any atom is 0.264 e. The molecule has 0 radical (unpaired) electrons. The summed E-state index contributed by atoms with van der Waals surface area (Å²) in [4.78, 5) is 28.3. The zero-order valence-electron chi connectivity index (χ0n) is 22.1. The van der Waals surface area contributed by atoms with E-state index in [4.69, 9.17) is 0 Å². The summed E-state index contributed by atoms with van der Waals surface area (Å²) in [5.41, 5.74) is 2.29. The summed E-state index contributed by atoms with van der Waals surface area (Å²) in [7, 11) is -4.07. The van der Waals surface area contributed by atoms with E-state index in [0.29, 0.717) is 12.1 Å². The van der Waals surface area contributed by atoms with Crippen LogP contribution in [0.25, 0.3) is 0 Å². The lowest BCUT2D eigenvalue weighted by Crippen LogP contribution is -2.53. The van der Waals surface area contributed by atoms with E-state index < -0.39 is 28.5 Å². The van der Waals surface area contributed by atoms with Gasteiger partial charge in [-0.25, -0.2) is 8.42 Å². The predicted octanol–water partition coefficient (Wildman–Crippen LogP) is 4.94. The average molecular weight is 601 g/mol. The molecule has 3 aromatic rings. The third kappa shape index (κ3) is 7.68. The van der Waals surface area contributed by atoms with Gasteiger partial charge in [0.15, 0.2) is 0 Å². The Labute approximate surface area is 234 Å². The fourth-order valence-electron chi connectivity index (χ4n) is 3.95. The van der Waals surface area contributed by atoms with Gasteiger partial charge in [-0.1, -0.05) is 64.0 Å². The SMILES string of the molecule is Cc1ccc(S(=O)(=O)N(CC(=O)N(CCc2ccccc2)[C@H](C)C(=O)NC(C)C)c2ccc(Br)cc2)cc1. The highest BCUT2D eigenvalue weighted by Gasteiger charge is 2.32. The van der Waals surface area contributed by atoms with E-state index in [-0.39, 0.29) is 23.4 Å². The maximum absolute atomic E-state index is 13.8. The van der Waals surface area contributed by atoms with E-state index in [1.165, 1.54) is 17.0 Å². The Hall–Kier alpha value is -3.17. The fourth-order valence-corrected chi connectivity index (χ4v) is 5.63. The van der Waals surface area contributed by atoms with Gasteiger partial charge in [-0.15, -0.1) is 0 Å². The molecule has 0 unspecified atom stereocenters. The summed E-state index contributed by atoms with van der Waals surface area (Å²) in [5.74, 6) is -0.760. The first-order valence-corrected chi connectivity index (χ1v) is 14.7. The number of anilines is 1. The van der Waals surface area contributed by atoms with E-state index in [1.54, 1.807) is 43.3 Å². The van der Waals surface area contributed by atoms with Gasteiger partial charge in [-0.3, -0.25) is 13.9 Å². The Balaban J connectivity index is 1.97. The normalized spacial score (nSPS) is 12.2. The maximum atomic E-state index is 13.8. The molecule has 0 aliphatic heterocycles. The molecular weight excluding hydrogens is 566 g/mol. The molecule has 0 aromatic heterocycles. The van der Waals surface area contributed by atoms with Crippen LogP contribution in [0.3, 0.4) is 0 Å². The molecule has 0 bridgehead atoms. The van der Waals surface area contributed by atoms with Crippen molar-refractivity contribution in [3.63, 3.8) is 0 Å². The zero-order chi connectivity index (χ0) is 27.9. The Morgan fingerprint density at radius 1 is 0.895 bits per heavy atom. The third-order valence-corrected chi connectivity index (χ3v) is 8.40. The summed E-state index contributed by atoms with van der Waals surface area (Å²) in [6.45, 7) is 7.05. The number of halogens is 1. The smallest absolute Gasteiger partial charge is 0.264 e. The van der Waals surface area contributed by atoms with Crippen molar-refractivity contribution in [3.05, 3.63) is 94.5 Å². The van der Waals surface area contributed by atoms with Gasteiger partial charge in [0.25, 0.3) is 10.0 Å². The van der Waals surface area contributed by atoms with Crippen molar-refractivity contribution < 1.29 is 18.0 Å². The number of amides is 2. The average Bonchev–Trinajstić information content (AvgIpc) is 2.88. The Kier molecular flexibility index (Phi) is 10.1. The molecule has 2 amide bonds. The number of hydrogen-bond acceptors (Lipinski definition) is 4. The highest BCUT2D eigenvalue weighted by atomic mass is 79.9. The molecule has 38 heavy (non-hydrogen) atoms. The van der Waals surface area contributed by atoms with Gasteiger partial charge in [0, 0.05) is 17.1 Å². The molecule has 1 N–H and O–H groups in total. The van der Waals surface area contributed by atoms with Crippen molar-refractivity contribution in [2.24, 2.45) is 0 Å². The van der Waals surface area contributed by atoms with Crippen LogP contribution in [0, 0.1) is 6.92 Å². The molecule has 1 atom stereocenters. The molecule has 7 nitrogen and oxygen atoms in total. The molecule has 3 rings (SSSR count). The number of hydrogen-bond donors (Lipinski definition) is 1. The summed E-state index contributed by atoms with van der Waals surface area (Å²) in [5, 5.41) is 2.86. The molecule has 0 spiro atoms. The molecular formula is C29H34BrN3O4S. The predicted molar refractivity (Wildman–Crippen MR) is 154 cm³/mol. The van der Waals surface area contributed by atoms with Crippen molar-refractivity contribution in [1.82, 2.24) is 10.2 Å². The van der Waals surface area contributed by atoms with Crippen molar-refractivity contribution in [2.75, 3.05) is 17.4 Å². The first-order valence-electron chi connectivity index (χ1n) is 12.5. The van der Waals surface area contributed by atoms with E-state index in [9.17, 15) is 18.0 Å². The Morgan fingerprint density at radius 3 is 2.08 bits per heavy atom. The third-order valence-electron chi connectivity index (χ3n) is 6.08. The van der Waals surface area contributed by atoms with Gasteiger partial charge in [-0.05, 0) is 76.1 Å². The number of carbonyl (C=O) groups is 2. The second-order valence-electron chi connectivity index (χ2n) is 9.46. The largest absolute Gasteiger partial charge is 0.352 e. The Bertz CT molecular complexity index is 1330. The van der Waals surface area contributed by atoms with Gasteiger partial charge < -0.3 is 10.2 Å². The number of aryl methyl sites for hydroxylation is 1. The van der Waals surface area contributed by atoms with Gasteiger partial charge in [0.05, 0.1) is 10.6 Å². The summed E-state index contributed by atoms with van der Waals surface area (Å²) in [6.07, 6.45) is 0.523. The number of carbonyl (C=O) groups excluding carboxylic acids is 2. The minimum Gasteiger partial charge on any atom is -0.352 e. The lowest BCUT2D eigenvalue weighted by Gasteiger charge is -2.32. The van der Waals surface area contributed by atoms with E-state index in [2.05, 4.69) is 21.2 Å². The van der Waals surface area contributed by atoms with Crippen molar-refractivity contribution >= 4 is 43.5 Å². The topological polar surface area (TPSA) is 86.8 Å². The Morgan fingerprint density at radius 2 is 1.50 bits per heavy atom. The molecule has 0 heterocycles. The van der Waals surface area contributed by atoms with Crippen molar-refractivity contribution in [1.29, 1.82) is 0 Å². The second kappa shape index (κ2) is 13.1. The van der Waals surface area contributed by atoms with Crippen LogP contribution in [-0.4, -0.2) is 50.3 Å². The molecule has 202 valence electrons. The fraction of sp³-hybridized carbons (Fsp3) is 0.310. The van der Waals surface area contributed by atoms with E-state index in [1.807, 2.05) is 51.1 Å². The highest BCUT2D eigenvalue weighted by Crippen LogP contribution is 2.26. The molecule has 0 saturated carbocycles. The van der Waals surface area contributed by atoms with Gasteiger partial charge in [0.1, 0.15) is 12.6 Å². The summed E-state index contributed by atoms with van der Waals surface area (Å²) in [6, 6.07) is 22.0. The van der Waals surface area contributed by atoms with Crippen LogP contribution >= 0.6 is 15.9 Å². The minimum absolute atomic E-state index is 0.0836. The van der Waals surface area contributed by atoms with Crippen LogP contribution in [0.2, 0.25) is 0 Å². The molecule has 9 heteroatoms. The molecule has 3 aromatic carbocycles. The summed E-state index contributed by atoms with van der Waals surface area (Å²) >= 11 is 3.38. The van der Waals surface area contributed by atoms with Crippen LogP contribution in [0.1, 0.15) is 31.9 Å². The standard InChI is InChI=1S/C29H34BrN3O4S/c1-21(2)31-29(35)23(4)32(19-18-24-8-6-5-7-9-24)28(34)20-33(26-14-12-25(30)13-15-26)38(36,37)27-16-10-22(3)11-17-27/h5-17,21,23H,18-20H2,1-4H3,(H,31,35)/t23-/m1/s1. The van der Waals surface area contributed by atoms with Crippen molar-refractivity contribution in [2.45, 2.75) is 51.1 Å². The van der Waals surface area contributed by atoms with Gasteiger partial charge in [-0.2, -0.15) is 0 Å². The highest BCUT2D eigenvalue weighted by molar-refractivity contribution is 9.10. The van der Waals surface area contributed by atoms with Crippen LogP contribution in [-0.2, 0) is 26.0 Å². The summed E-state index contributed by atoms with van der Waals surface area (Å²) < 4.78 is 29.4. The number of nitrogens with one attached hydrogen (secondary N) is 1. The zero-order valence-corrected chi connectivity index (χ0v) is 24.5. The number of sulfonamides is 1. The minimum atomic E-state index is -4.07. The first-order chi connectivity index (χ1) is 18.0. The monoisotopic (exact) mass is 599 g/mol.